The maximum Gasteiger partial charge on any atom is 0.308 e. The fraction of sp³-hybridized carbons (Fsp3) is 0.533. The molecule has 0 amide bonds. The highest BCUT2D eigenvalue weighted by Gasteiger charge is 2.42. The number of carboxylic acid groups (broad SMARTS) is 1. The van der Waals surface area contributed by atoms with Gasteiger partial charge in [-0.05, 0) is 38.5 Å². The number of hydrogen-bond donors (Lipinski definition) is 1. The molecule has 2 atom stereocenters. The van der Waals surface area contributed by atoms with E-state index in [1.807, 2.05) is 20.8 Å². The van der Waals surface area contributed by atoms with Gasteiger partial charge in [0.25, 0.3) is 0 Å². The van der Waals surface area contributed by atoms with Crippen molar-refractivity contribution in [2.24, 2.45) is 5.92 Å². The summed E-state index contributed by atoms with van der Waals surface area (Å²) in [5.74, 6) is -2.42. The van der Waals surface area contributed by atoms with Crippen LogP contribution in [0.25, 0.3) is 0 Å². The molecule has 1 saturated heterocycles. The van der Waals surface area contributed by atoms with E-state index in [1.54, 1.807) is 0 Å². The molecule has 0 saturated carbocycles. The summed E-state index contributed by atoms with van der Waals surface area (Å²) in [6.45, 7) is 7.03. The van der Waals surface area contributed by atoms with E-state index in [-0.39, 0.29) is 16.5 Å². The summed E-state index contributed by atoms with van der Waals surface area (Å²) in [7, 11) is 0. The largest absolute Gasteiger partial charge is 0.481 e. The van der Waals surface area contributed by atoms with Crippen molar-refractivity contribution in [1.29, 1.82) is 0 Å². The van der Waals surface area contributed by atoms with Crippen LogP contribution in [0.3, 0.4) is 0 Å². The predicted molar refractivity (Wildman–Crippen MR) is 81.6 cm³/mol. The van der Waals surface area contributed by atoms with Crippen molar-refractivity contribution in [3.05, 3.63) is 33.6 Å². The molecule has 1 fully saturated rings. The summed E-state index contributed by atoms with van der Waals surface area (Å²) in [5, 5.41) is 9.71. The van der Waals surface area contributed by atoms with Crippen LogP contribution in [0.15, 0.2) is 12.1 Å². The Kier molecular flexibility index (Phi) is 4.52. The van der Waals surface area contributed by atoms with Crippen molar-refractivity contribution >= 4 is 29.2 Å². The van der Waals surface area contributed by atoms with Crippen LogP contribution in [0.1, 0.15) is 32.3 Å². The first-order chi connectivity index (χ1) is 9.61. The van der Waals surface area contributed by atoms with Crippen LogP contribution in [-0.4, -0.2) is 34.6 Å². The van der Waals surface area contributed by atoms with Gasteiger partial charge in [-0.1, -0.05) is 23.2 Å². The van der Waals surface area contributed by atoms with Gasteiger partial charge in [0.2, 0.25) is 0 Å². The molecule has 3 nitrogen and oxygen atoms in total. The molecule has 6 heteroatoms. The predicted octanol–water partition coefficient (Wildman–Crippen LogP) is 4.03. The second-order valence-corrected chi connectivity index (χ2v) is 7.23. The fourth-order valence-electron chi connectivity index (χ4n) is 2.74. The molecule has 0 bridgehead atoms. The molecule has 0 spiro atoms. The molecule has 1 aliphatic heterocycles. The highest BCUT2D eigenvalue weighted by Crippen LogP contribution is 2.40. The molecule has 0 unspecified atom stereocenters. The Morgan fingerprint density at radius 1 is 1.29 bits per heavy atom. The van der Waals surface area contributed by atoms with Crippen molar-refractivity contribution in [1.82, 2.24) is 4.90 Å². The minimum absolute atomic E-state index is 0.0544. The van der Waals surface area contributed by atoms with Crippen LogP contribution in [0.5, 0.6) is 0 Å². The van der Waals surface area contributed by atoms with Gasteiger partial charge in [0.15, 0.2) is 0 Å². The number of benzene rings is 1. The van der Waals surface area contributed by atoms with Gasteiger partial charge in [-0.25, -0.2) is 4.39 Å². The molecule has 1 aromatic carbocycles. The van der Waals surface area contributed by atoms with Crippen LogP contribution in [0.2, 0.25) is 10.0 Å². The molecule has 2 rings (SSSR count). The van der Waals surface area contributed by atoms with E-state index in [9.17, 15) is 14.3 Å². The van der Waals surface area contributed by atoms with Gasteiger partial charge in [0.1, 0.15) is 5.82 Å². The number of carbonyl (C=O) groups is 1. The second kappa shape index (κ2) is 5.75. The third kappa shape index (κ3) is 3.33. The maximum atomic E-state index is 13.7. The summed E-state index contributed by atoms with van der Waals surface area (Å²) < 4.78 is 13.7. The minimum atomic E-state index is -0.891. The van der Waals surface area contributed by atoms with Gasteiger partial charge in [0.05, 0.1) is 10.9 Å². The van der Waals surface area contributed by atoms with Gasteiger partial charge in [-0.3, -0.25) is 9.69 Å². The van der Waals surface area contributed by atoms with Crippen molar-refractivity contribution in [3.8, 4) is 0 Å². The lowest BCUT2D eigenvalue weighted by Crippen LogP contribution is -2.40. The van der Waals surface area contributed by atoms with Gasteiger partial charge >= 0.3 is 5.97 Å². The number of nitrogens with zero attached hydrogens (tertiary/aromatic N) is 1. The lowest BCUT2D eigenvalue weighted by atomic mass is 9.89. The Morgan fingerprint density at radius 2 is 1.90 bits per heavy atom. The molecule has 1 heterocycles. The standard InChI is InChI=1S/C15H18Cl2FNO2/c1-15(2,3)19-6-9(10(7-19)14(20)21)8-4-13(18)12(17)5-11(8)16/h4-5,9-10H,6-7H2,1-3H3,(H,20,21)/t9-,10+/m0/s1. The first-order valence-electron chi connectivity index (χ1n) is 6.73. The first kappa shape index (κ1) is 16.5. The van der Waals surface area contributed by atoms with Crippen LogP contribution in [0, 0.1) is 11.7 Å². The summed E-state index contributed by atoms with van der Waals surface area (Å²) >= 11 is 11.9. The maximum absolute atomic E-state index is 13.7. The molecule has 116 valence electrons. The third-order valence-electron chi connectivity index (χ3n) is 4.02. The average Bonchev–Trinajstić information content (AvgIpc) is 2.78. The van der Waals surface area contributed by atoms with Crippen LogP contribution in [0.4, 0.5) is 4.39 Å². The zero-order valence-electron chi connectivity index (χ0n) is 12.2. The average molecular weight is 334 g/mol. The van der Waals surface area contributed by atoms with E-state index in [0.29, 0.717) is 23.7 Å². The summed E-state index contributed by atoms with van der Waals surface area (Å²) in [5.41, 5.74) is 0.359. The Morgan fingerprint density at radius 3 is 2.43 bits per heavy atom. The number of hydrogen-bond acceptors (Lipinski definition) is 2. The molecule has 1 N–H and O–H groups in total. The number of aliphatic carboxylic acids is 1. The first-order valence-corrected chi connectivity index (χ1v) is 7.49. The minimum Gasteiger partial charge on any atom is -0.481 e. The van der Waals surface area contributed by atoms with Gasteiger partial charge in [-0.2, -0.15) is 0 Å². The normalized spacial score (nSPS) is 23.5. The number of halogens is 3. The van der Waals surface area contributed by atoms with Crippen molar-refractivity contribution in [3.63, 3.8) is 0 Å². The Hall–Kier alpha value is -0.840. The summed E-state index contributed by atoms with van der Waals surface area (Å²) in [6.07, 6.45) is 0. The van der Waals surface area contributed by atoms with Crippen molar-refractivity contribution in [2.75, 3.05) is 13.1 Å². The van der Waals surface area contributed by atoms with E-state index < -0.39 is 17.7 Å². The number of likely N-dealkylation sites (tertiary alicyclic amines) is 1. The lowest BCUT2D eigenvalue weighted by Gasteiger charge is -2.31. The Bertz CT molecular complexity index is 572. The molecular formula is C15H18Cl2FNO2. The topological polar surface area (TPSA) is 40.5 Å². The van der Waals surface area contributed by atoms with Gasteiger partial charge < -0.3 is 5.11 Å². The molecule has 0 aliphatic carbocycles. The van der Waals surface area contributed by atoms with E-state index in [2.05, 4.69) is 4.90 Å². The molecule has 1 aliphatic rings. The SMILES string of the molecule is CC(C)(C)N1C[C@@H](C(=O)O)[C@H](c2cc(F)c(Cl)cc2Cl)C1. The zero-order chi connectivity index (χ0) is 15.9. The smallest absolute Gasteiger partial charge is 0.308 e. The number of carboxylic acids is 1. The molecule has 0 aromatic heterocycles. The Labute approximate surface area is 133 Å². The fourth-order valence-corrected chi connectivity index (χ4v) is 3.26. The van der Waals surface area contributed by atoms with E-state index in [4.69, 9.17) is 23.2 Å². The van der Waals surface area contributed by atoms with Crippen LogP contribution < -0.4 is 0 Å². The van der Waals surface area contributed by atoms with Crippen LogP contribution >= 0.6 is 23.2 Å². The van der Waals surface area contributed by atoms with Gasteiger partial charge in [-0.15, -0.1) is 0 Å². The quantitative estimate of drug-likeness (QED) is 0.830. The van der Waals surface area contributed by atoms with E-state index in [0.717, 1.165) is 0 Å². The van der Waals surface area contributed by atoms with E-state index >= 15 is 0 Å². The van der Waals surface area contributed by atoms with Crippen molar-refractivity contribution < 1.29 is 14.3 Å². The monoisotopic (exact) mass is 333 g/mol. The molecule has 21 heavy (non-hydrogen) atoms. The van der Waals surface area contributed by atoms with E-state index in [1.165, 1.54) is 12.1 Å². The molecular weight excluding hydrogens is 316 g/mol. The highest BCUT2D eigenvalue weighted by atomic mass is 35.5. The third-order valence-corrected chi connectivity index (χ3v) is 4.64. The second-order valence-electron chi connectivity index (χ2n) is 6.41. The highest BCUT2D eigenvalue weighted by molar-refractivity contribution is 6.35. The summed E-state index contributed by atoms with van der Waals surface area (Å²) in [6, 6.07) is 2.60. The lowest BCUT2D eigenvalue weighted by molar-refractivity contribution is -0.141. The molecule has 0 radical (unpaired) electrons. The molecule has 1 aromatic rings. The van der Waals surface area contributed by atoms with Crippen molar-refractivity contribution in [2.45, 2.75) is 32.2 Å². The number of rotatable bonds is 2. The Balaban J connectivity index is 2.41. The zero-order valence-corrected chi connectivity index (χ0v) is 13.7. The van der Waals surface area contributed by atoms with Gasteiger partial charge in [0, 0.05) is 29.6 Å². The summed E-state index contributed by atoms with van der Waals surface area (Å²) in [4.78, 5) is 13.6. The van der Waals surface area contributed by atoms with Crippen LogP contribution in [-0.2, 0) is 4.79 Å².